The van der Waals surface area contributed by atoms with E-state index in [-0.39, 0.29) is 17.6 Å². The van der Waals surface area contributed by atoms with Crippen LogP contribution in [-0.2, 0) is 11.3 Å². The van der Waals surface area contributed by atoms with E-state index in [1.807, 2.05) is 48.5 Å². The van der Waals surface area contributed by atoms with Crippen molar-refractivity contribution in [2.24, 2.45) is 0 Å². The summed E-state index contributed by atoms with van der Waals surface area (Å²) in [4.78, 5) is 16.6. The Balaban J connectivity index is 1.39. The van der Waals surface area contributed by atoms with Crippen LogP contribution >= 0.6 is 11.6 Å². The van der Waals surface area contributed by atoms with Gasteiger partial charge in [0.05, 0.1) is 19.8 Å². The highest BCUT2D eigenvalue weighted by Crippen LogP contribution is 2.24. The standard InChI is InChI=1S/C27H27ClF2N2O3/c1-34-25-4-2-3-19(13-25)18-35-26(20-5-7-22(28)8-6-20)17-31-9-11-32(12-10-31)27(33)21-14-23(29)16-24(30)15-21/h2-8,13-16,26H,9-12,17-18H2,1H3/t26-/m1/s1. The van der Waals surface area contributed by atoms with Crippen LogP contribution in [0.25, 0.3) is 0 Å². The topological polar surface area (TPSA) is 42.0 Å². The van der Waals surface area contributed by atoms with Crippen molar-refractivity contribution in [1.29, 1.82) is 0 Å². The van der Waals surface area contributed by atoms with Crippen LogP contribution in [0.5, 0.6) is 5.75 Å². The zero-order valence-corrected chi connectivity index (χ0v) is 20.2. The number of hydrogen-bond acceptors (Lipinski definition) is 4. The van der Waals surface area contributed by atoms with Crippen molar-refractivity contribution in [2.75, 3.05) is 39.8 Å². The maximum absolute atomic E-state index is 13.5. The highest BCUT2D eigenvalue weighted by atomic mass is 35.5. The lowest BCUT2D eigenvalue weighted by atomic mass is 10.1. The van der Waals surface area contributed by atoms with Gasteiger partial charge in [-0.05, 0) is 47.5 Å². The fourth-order valence-electron chi connectivity index (χ4n) is 4.12. The van der Waals surface area contributed by atoms with E-state index in [1.54, 1.807) is 12.0 Å². The van der Waals surface area contributed by atoms with Crippen LogP contribution in [0.4, 0.5) is 8.78 Å². The molecule has 0 spiro atoms. The predicted molar refractivity (Wildman–Crippen MR) is 131 cm³/mol. The van der Waals surface area contributed by atoms with Gasteiger partial charge in [-0.25, -0.2) is 8.78 Å². The molecule has 0 N–H and O–H groups in total. The smallest absolute Gasteiger partial charge is 0.254 e. The molecule has 1 fully saturated rings. The molecular formula is C27H27ClF2N2O3. The fourth-order valence-corrected chi connectivity index (χ4v) is 4.24. The van der Waals surface area contributed by atoms with E-state index in [9.17, 15) is 13.6 Å². The minimum Gasteiger partial charge on any atom is -0.497 e. The highest BCUT2D eigenvalue weighted by Gasteiger charge is 2.25. The van der Waals surface area contributed by atoms with Gasteiger partial charge in [-0.3, -0.25) is 9.69 Å². The Hall–Kier alpha value is -3.00. The van der Waals surface area contributed by atoms with Crippen molar-refractivity contribution in [3.05, 3.63) is 100 Å². The minimum atomic E-state index is -0.758. The number of halogens is 3. The Morgan fingerprint density at radius 2 is 1.66 bits per heavy atom. The molecular weight excluding hydrogens is 474 g/mol. The molecule has 3 aromatic carbocycles. The summed E-state index contributed by atoms with van der Waals surface area (Å²) in [5.74, 6) is -1.11. The molecule has 8 heteroatoms. The SMILES string of the molecule is COc1cccc(CO[C@H](CN2CCN(C(=O)c3cc(F)cc(F)c3)CC2)c2ccc(Cl)cc2)c1. The summed E-state index contributed by atoms with van der Waals surface area (Å²) in [5.41, 5.74) is 2.03. The second-order valence-electron chi connectivity index (χ2n) is 8.45. The first-order chi connectivity index (χ1) is 16.9. The van der Waals surface area contributed by atoms with Crippen LogP contribution in [-0.4, -0.2) is 55.5 Å². The largest absolute Gasteiger partial charge is 0.497 e. The first-order valence-corrected chi connectivity index (χ1v) is 11.8. The molecule has 3 aromatic rings. The number of ether oxygens (including phenoxy) is 2. The third-order valence-electron chi connectivity index (χ3n) is 6.02. The van der Waals surface area contributed by atoms with Crippen molar-refractivity contribution in [1.82, 2.24) is 9.80 Å². The van der Waals surface area contributed by atoms with Crippen LogP contribution in [0.3, 0.4) is 0 Å². The highest BCUT2D eigenvalue weighted by molar-refractivity contribution is 6.30. The summed E-state index contributed by atoms with van der Waals surface area (Å²) in [5, 5.41) is 0.654. The molecule has 0 unspecified atom stereocenters. The maximum Gasteiger partial charge on any atom is 0.254 e. The van der Waals surface area contributed by atoms with Gasteiger partial charge in [0.1, 0.15) is 17.4 Å². The molecule has 0 aliphatic carbocycles. The fraction of sp³-hybridized carbons (Fsp3) is 0.296. The van der Waals surface area contributed by atoms with Crippen molar-refractivity contribution in [2.45, 2.75) is 12.7 Å². The van der Waals surface area contributed by atoms with Crippen LogP contribution in [0.1, 0.15) is 27.6 Å². The quantitative estimate of drug-likeness (QED) is 0.418. The minimum absolute atomic E-state index is 0.0246. The van der Waals surface area contributed by atoms with Gasteiger partial charge in [-0.2, -0.15) is 0 Å². The molecule has 1 saturated heterocycles. The molecule has 35 heavy (non-hydrogen) atoms. The van der Waals surface area contributed by atoms with E-state index in [4.69, 9.17) is 21.1 Å². The molecule has 1 aliphatic heterocycles. The molecule has 1 atom stereocenters. The number of carbonyl (C=O) groups is 1. The molecule has 0 saturated carbocycles. The Morgan fingerprint density at radius 3 is 2.31 bits per heavy atom. The summed E-state index contributed by atoms with van der Waals surface area (Å²) >= 11 is 6.08. The van der Waals surface area contributed by atoms with Crippen molar-refractivity contribution in [3.8, 4) is 5.75 Å². The summed E-state index contributed by atoms with van der Waals surface area (Å²) in [6.07, 6.45) is -0.210. The van der Waals surface area contributed by atoms with Gasteiger partial charge in [0.15, 0.2) is 0 Å². The number of methoxy groups -OCH3 is 1. The Bertz CT molecular complexity index is 1130. The second-order valence-corrected chi connectivity index (χ2v) is 8.89. The van der Waals surface area contributed by atoms with E-state index in [0.717, 1.165) is 35.1 Å². The van der Waals surface area contributed by atoms with Crippen molar-refractivity contribution < 1.29 is 23.0 Å². The molecule has 1 amide bonds. The maximum atomic E-state index is 13.5. The molecule has 4 rings (SSSR count). The number of benzene rings is 3. The molecule has 184 valence electrons. The lowest BCUT2D eigenvalue weighted by Crippen LogP contribution is -2.49. The van der Waals surface area contributed by atoms with E-state index >= 15 is 0 Å². The van der Waals surface area contributed by atoms with E-state index in [0.29, 0.717) is 44.4 Å². The zero-order chi connectivity index (χ0) is 24.8. The van der Waals surface area contributed by atoms with Gasteiger partial charge >= 0.3 is 0 Å². The molecule has 0 radical (unpaired) electrons. The Morgan fingerprint density at radius 1 is 0.971 bits per heavy atom. The lowest BCUT2D eigenvalue weighted by Gasteiger charge is -2.36. The summed E-state index contributed by atoms with van der Waals surface area (Å²) < 4.78 is 38.7. The average molecular weight is 501 g/mol. The molecule has 1 aliphatic rings. The third kappa shape index (κ3) is 6.78. The van der Waals surface area contributed by atoms with Crippen LogP contribution in [0.2, 0.25) is 5.02 Å². The average Bonchev–Trinajstić information content (AvgIpc) is 2.86. The van der Waals surface area contributed by atoms with Crippen molar-refractivity contribution in [3.63, 3.8) is 0 Å². The van der Waals surface area contributed by atoms with E-state index < -0.39 is 11.6 Å². The van der Waals surface area contributed by atoms with Crippen LogP contribution in [0, 0.1) is 11.6 Å². The van der Waals surface area contributed by atoms with E-state index in [2.05, 4.69) is 4.90 Å². The normalized spacial score (nSPS) is 15.1. The number of piperazine rings is 1. The van der Waals surface area contributed by atoms with Gasteiger partial charge < -0.3 is 14.4 Å². The number of hydrogen-bond donors (Lipinski definition) is 0. The molecule has 0 aromatic heterocycles. The lowest BCUT2D eigenvalue weighted by molar-refractivity contribution is 0.00336. The molecule has 5 nitrogen and oxygen atoms in total. The molecule has 1 heterocycles. The number of amides is 1. The summed E-state index contributed by atoms with van der Waals surface area (Å²) in [6.45, 7) is 3.20. The van der Waals surface area contributed by atoms with Gasteiger partial charge in [0.25, 0.3) is 5.91 Å². The second kappa shape index (κ2) is 11.6. The summed E-state index contributed by atoms with van der Waals surface area (Å²) in [6, 6.07) is 18.2. The van der Waals surface area contributed by atoms with Crippen molar-refractivity contribution >= 4 is 17.5 Å². The zero-order valence-electron chi connectivity index (χ0n) is 19.4. The Kier molecular flexibility index (Phi) is 8.33. The number of rotatable bonds is 8. The first kappa shape index (κ1) is 25.1. The first-order valence-electron chi connectivity index (χ1n) is 11.4. The third-order valence-corrected chi connectivity index (χ3v) is 6.27. The Labute approximate surface area is 208 Å². The number of nitrogens with zero attached hydrogens (tertiary/aromatic N) is 2. The van der Waals surface area contributed by atoms with Crippen LogP contribution < -0.4 is 4.74 Å². The molecule has 0 bridgehead atoms. The van der Waals surface area contributed by atoms with E-state index in [1.165, 1.54) is 0 Å². The number of carbonyl (C=O) groups excluding carboxylic acids is 1. The monoisotopic (exact) mass is 500 g/mol. The van der Waals surface area contributed by atoms with Gasteiger partial charge in [0, 0.05) is 49.4 Å². The van der Waals surface area contributed by atoms with Gasteiger partial charge in [-0.1, -0.05) is 35.9 Å². The van der Waals surface area contributed by atoms with Gasteiger partial charge in [0.2, 0.25) is 0 Å². The summed E-state index contributed by atoms with van der Waals surface area (Å²) in [7, 11) is 1.63. The van der Waals surface area contributed by atoms with Gasteiger partial charge in [-0.15, -0.1) is 0 Å². The predicted octanol–water partition coefficient (Wildman–Crippen LogP) is 5.34. The van der Waals surface area contributed by atoms with Crippen LogP contribution in [0.15, 0.2) is 66.7 Å².